The van der Waals surface area contributed by atoms with Gasteiger partial charge in [0.15, 0.2) is 0 Å². The molecule has 1 aromatic carbocycles. The number of carbonyl (C=O) groups excluding carboxylic acids is 2. The van der Waals surface area contributed by atoms with Gasteiger partial charge in [-0.15, -0.1) is 11.3 Å². The van der Waals surface area contributed by atoms with Crippen molar-refractivity contribution in [2.45, 2.75) is 13.8 Å². The minimum absolute atomic E-state index is 0.131. The van der Waals surface area contributed by atoms with Crippen molar-refractivity contribution in [3.8, 4) is 5.75 Å². The van der Waals surface area contributed by atoms with E-state index in [4.69, 9.17) is 9.15 Å². The van der Waals surface area contributed by atoms with Gasteiger partial charge in [-0.05, 0) is 55.8 Å². The minimum atomic E-state index is -0.570. The van der Waals surface area contributed by atoms with Crippen molar-refractivity contribution in [3.05, 3.63) is 69.6 Å². The highest BCUT2D eigenvalue weighted by Gasteiger charge is 2.13. The van der Waals surface area contributed by atoms with Gasteiger partial charge < -0.3 is 9.15 Å². The number of nitrogens with one attached hydrogen (secondary N) is 1. The van der Waals surface area contributed by atoms with E-state index in [1.807, 2.05) is 6.92 Å². The second-order valence-electron chi connectivity index (χ2n) is 5.28. The fraction of sp³-hybridized carbons (Fsp3) is 0.111. The van der Waals surface area contributed by atoms with E-state index < -0.39 is 5.97 Å². The van der Waals surface area contributed by atoms with Crippen molar-refractivity contribution in [1.82, 2.24) is 10.4 Å². The molecule has 0 radical (unpaired) electrons. The van der Waals surface area contributed by atoms with Gasteiger partial charge in [0.05, 0.1) is 23.2 Å². The number of aryl methyl sites for hydroxylation is 2. The summed E-state index contributed by atoms with van der Waals surface area (Å²) in [6, 6.07) is 9.81. The van der Waals surface area contributed by atoms with Crippen molar-refractivity contribution in [2.24, 2.45) is 5.10 Å². The molecule has 1 amide bonds. The topological polar surface area (TPSA) is 93.8 Å². The zero-order valence-corrected chi connectivity index (χ0v) is 14.9. The smallest absolute Gasteiger partial charge is 0.379 e. The van der Waals surface area contributed by atoms with Crippen LogP contribution in [-0.2, 0) is 0 Å². The monoisotopic (exact) mass is 369 g/mol. The number of nitrogens with zero attached hydrogens (tertiary/aromatic N) is 2. The predicted octanol–water partition coefficient (Wildman–Crippen LogP) is 3.34. The van der Waals surface area contributed by atoms with Gasteiger partial charge >= 0.3 is 5.97 Å². The Kier molecular flexibility index (Phi) is 5.23. The third-order valence-electron chi connectivity index (χ3n) is 3.30. The van der Waals surface area contributed by atoms with E-state index in [1.165, 1.54) is 29.9 Å². The van der Waals surface area contributed by atoms with Gasteiger partial charge in [-0.1, -0.05) is 0 Å². The third kappa shape index (κ3) is 4.22. The number of esters is 1. The highest BCUT2D eigenvalue weighted by Crippen LogP contribution is 2.17. The highest BCUT2D eigenvalue weighted by molar-refractivity contribution is 7.13. The summed E-state index contributed by atoms with van der Waals surface area (Å²) in [5.41, 5.74) is 3.89. The number of ether oxygens (including phenoxy) is 1. The molecular weight excluding hydrogens is 354 g/mol. The van der Waals surface area contributed by atoms with Crippen LogP contribution < -0.4 is 10.2 Å². The molecule has 0 saturated heterocycles. The van der Waals surface area contributed by atoms with Gasteiger partial charge in [-0.2, -0.15) is 5.10 Å². The summed E-state index contributed by atoms with van der Waals surface area (Å²) < 4.78 is 10.2. The number of aromatic nitrogens is 1. The maximum Gasteiger partial charge on any atom is 0.379 e. The summed E-state index contributed by atoms with van der Waals surface area (Å²) in [6.07, 6.45) is 2.90. The Balaban J connectivity index is 1.57. The molecule has 0 aliphatic heterocycles. The minimum Gasteiger partial charge on any atom is -0.457 e. The van der Waals surface area contributed by atoms with E-state index in [0.717, 1.165) is 10.6 Å². The first-order valence-corrected chi connectivity index (χ1v) is 8.48. The Morgan fingerprint density at radius 2 is 2.00 bits per heavy atom. The summed E-state index contributed by atoms with van der Waals surface area (Å²) in [6.45, 7) is 3.63. The number of hydrazone groups is 1. The molecule has 0 atom stereocenters. The van der Waals surface area contributed by atoms with Crippen molar-refractivity contribution < 1.29 is 18.7 Å². The molecule has 0 aliphatic carbocycles. The molecule has 3 aromatic rings. The molecule has 1 N–H and O–H groups in total. The SMILES string of the molecule is Cc1nc(C)c(C(=O)N/N=C/c2ccc(OC(=O)c3ccco3)cc2)s1. The molecule has 0 aliphatic rings. The Labute approximate surface area is 153 Å². The summed E-state index contributed by atoms with van der Waals surface area (Å²) in [4.78, 5) is 28.6. The lowest BCUT2D eigenvalue weighted by molar-refractivity contribution is 0.0701. The fourth-order valence-corrected chi connectivity index (χ4v) is 2.94. The number of benzene rings is 1. The first-order valence-electron chi connectivity index (χ1n) is 7.66. The zero-order chi connectivity index (χ0) is 18.5. The van der Waals surface area contributed by atoms with E-state index in [0.29, 0.717) is 16.3 Å². The molecule has 2 aromatic heterocycles. The van der Waals surface area contributed by atoms with Crippen LogP contribution in [0.2, 0.25) is 0 Å². The highest BCUT2D eigenvalue weighted by atomic mass is 32.1. The second kappa shape index (κ2) is 7.75. The Hall–Kier alpha value is -3.26. The van der Waals surface area contributed by atoms with Crippen LogP contribution in [0.3, 0.4) is 0 Å². The maximum atomic E-state index is 12.0. The molecule has 3 rings (SSSR count). The van der Waals surface area contributed by atoms with E-state index in [2.05, 4.69) is 15.5 Å². The van der Waals surface area contributed by atoms with Crippen LogP contribution in [0, 0.1) is 13.8 Å². The van der Waals surface area contributed by atoms with E-state index >= 15 is 0 Å². The van der Waals surface area contributed by atoms with Crippen LogP contribution in [-0.4, -0.2) is 23.1 Å². The summed E-state index contributed by atoms with van der Waals surface area (Å²) >= 11 is 1.32. The van der Waals surface area contributed by atoms with E-state index in [-0.39, 0.29) is 11.7 Å². The fourth-order valence-electron chi connectivity index (χ4n) is 2.13. The summed E-state index contributed by atoms with van der Waals surface area (Å²) in [5.74, 6) is -0.359. The molecular formula is C18H15N3O4S. The number of furan rings is 1. The number of rotatable bonds is 5. The molecule has 0 bridgehead atoms. The Morgan fingerprint density at radius 3 is 2.62 bits per heavy atom. The summed E-state index contributed by atoms with van der Waals surface area (Å²) in [7, 11) is 0. The second-order valence-corrected chi connectivity index (χ2v) is 6.49. The molecule has 0 spiro atoms. The van der Waals surface area contributed by atoms with Crippen LogP contribution in [0.25, 0.3) is 0 Å². The van der Waals surface area contributed by atoms with Crippen molar-refractivity contribution in [1.29, 1.82) is 0 Å². The van der Waals surface area contributed by atoms with Crippen molar-refractivity contribution in [3.63, 3.8) is 0 Å². The van der Waals surface area contributed by atoms with Gasteiger partial charge in [0, 0.05) is 0 Å². The first-order chi connectivity index (χ1) is 12.5. The van der Waals surface area contributed by atoms with Crippen LogP contribution >= 0.6 is 11.3 Å². The Bertz CT molecular complexity index is 943. The molecule has 8 heteroatoms. The van der Waals surface area contributed by atoms with E-state index in [9.17, 15) is 9.59 Å². The molecule has 7 nitrogen and oxygen atoms in total. The lowest BCUT2D eigenvalue weighted by Crippen LogP contribution is -2.17. The van der Waals surface area contributed by atoms with Gasteiger partial charge in [0.2, 0.25) is 5.76 Å². The molecule has 0 unspecified atom stereocenters. The average Bonchev–Trinajstić information content (AvgIpc) is 3.26. The molecule has 26 heavy (non-hydrogen) atoms. The first kappa shape index (κ1) is 17.6. The largest absolute Gasteiger partial charge is 0.457 e. The molecule has 0 fully saturated rings. The van der Waals surface area contributed by atoms with Crippen LogP contribution in [0.1, 0.15) is 36.5 Å². The van der Waals surface area contributed by atoms with Gasteiger partial charge in [0.25, 0.3) is 5.91 Å². The van der Waals surface area contributed by atoms with Crippen LogP contribution in [0.15, 0.2) is 52.2 Å². The number of thiazole rings is 1. The van der Waals surface area contributed by atoms with Gasteiger partial charge in [-0.25, -0.2) is 15.2 Å². The van der Waals surface area contributed by atoms with Crippen molar-refractivity contribution >= 4 is 29.4 Å². The Morgan fingerprint density at radius 1 is 1.23 bits per heavy atom. The van der Waals surface area contributed by atoms with Crippen LogP contribution in [0.4, 0.5) is 0 Å². The van der Waals surface area contributed by atoms with Crippen LogP contribution in [0.5, 0.6) is 5.75 Å². The molecule has 2 heterocycles. The number of hydrogen-bond acceptors (Lipinski definition) is 7. The van der Waals surface area contributed by atoms with Gasteiger partial charge in [0.1, 0.15) is 10.6 Å². The standard InChI is InChI=1S/C18H15N3O4S/c1-11-16(26-12(2)20-11)17(22)21-19-10-13-5-7-14(8-6-13)25-18(23)15-4-3-9-24-15/h3-10H,1-2H3,(H,21,22)/b19-10+. The average molecular weight is 369 g/mol. The summed E-state index contributed by atoms with van der Waals surface area (Å²) in [5, 5.41) is 4.76. The predicted molar refractivity (Wildman–Crippen MR) is 96.8 cm³/mol. The number of hydrogen-bond donors (Lipinski definition) is 1. The molecule has 132 valence electrons. The quantitative estimate of drug-likeness (QED) is 0.322. The number of amides is 1. The van der Waals surface area contributed by atoms with Gasteiger partial charge in [-0.3, -0.25) is 4.79 Å². The van der Waals surface area contributed by atoms with Crippen molar-refractivity contribution in [2.75, 3.05) is 0 Å². The maximum absolute atomic E-state index is 12.0. The third-order valence-corrected chi connectivity index (χ3v) is 4.37. The zero-order valence-electron chi connectivity index (χ0n) is 14.1. The lowest BCUT2D eigenvalue weighted by atomic mass is 10.2. The lowest BCUT2D eigenvalue weighted by Gasteiger charge is -2.02. The normalized spacial score (nSPS) is 10.8. The number of carbonyl (C=O) groups is 2. The molecule has 0 saturated carbocycles. The van der Waals surface area contributed by atoms with E-state index in [1.54, 1.807) is 37.3 Å².